The minimum atomic E-state index is -0.734. The van der Waals surface area contributed by atoms with Gasteiger partial charge in [-0.05, 0) is 204 Å². The van der Waals surface area contributed by atoms with Crippen LogP contribution in [0.2, 0.25) is 0 Å². The molecule has 26 heteroatoms. The molecule has 142 heavy (non-hydrogen) atoms. The van der Waals surface area contributed by atoms with Crippen LogP contribution in [0.1, 0.15) is 162 Å². The predicted molar refractivity (Wildman–Crippen MR) is 531 cm³/mol. The Bertz CT molecular complexity index is 7840. The van der Waals surface area contributed by atoms with Crippen molar-refractivity contribution in [3.63, 3.8) is 0 Å². The minimum absolute atomic E-state index is 0.00866. The van der Waals surface area contributed by atoms with Gasteiger partial charge in [-0.1, -0.05) is 140 Å². The van der Waals surface area contributed by atoms with Gasteiger partial charge in [0.2, 0.25) is 28.7 Å². The van der Waals surface area contributed by atoms with E-state index in [1.54, 1.807) is 98.2 Å². The summed E-state index contributed by atoms with van der Waals surface area (Å²) in [7, 11) is 0. The fourth-order valence-electron chi connectivity index (χ4n) is 23.9. The van der Waals surface area contributed by atoms with Crippen molar-refractivity contribution >= 4 is 50.9 Å². The van der Waals surface area contributed by atoms with E-state index in [1.807, 2.05) is 108 Å². The maximum Gasteiger partial charge on any atom is 0.226 e. The highest BCUT2D eigenvalue weighted by atomic mass is 19.1. The number of para-hydroxylation sites is 1. The summed E-state index contributed by atoms with van der Waals surface area (Å²) in [5.41, 5.74) is 14.3. The fraction of sp³-hybridized carbons (Fsp3) is 0.319. The summed E-state index contributed by atoms with van der Waals surface area (Å²) < 4.78 is 80.8. The van der Waals surface area contributed by atoms with Crippen LogP contribution in [0, 0.1) is 117 Å². The molecular formula is C116H99F5N16O5. The van der Waals surface area contributed by atoms with Gasteiger partial charge in [0.25, 0.3) is 0 Å². The molecular weight excluding hydrogens is 1790 g/mol. The van der Waals surface area contributed by atoms with Crippen molar-refractivity contribution in [2.45, 2.75) is 161 Å². The van der Waals surface area contributed by atoms with Crippen LogP contribution in [0.3, 0.4) is 0 Å². The number of benzene rings is 6. The Morgan fingerprint density at radius 3 is 1.18 bits per heavy atom. The van der Waals surface area contributed by atoms with Gasteiger partial charge in [-0.25, -0.2) is 81.2 Å². The summed E-state index contributed by atoms with van der Waals surface area (Å²) in [6, 6.07) is 43.7. The number of morpholine rings is 1. The second kappa shape index (κ2) is 37.0. The average Bonchev–Trinajstić information content (AvgIpc) is 0.790. The van der Waals surface area contributed by atoms with Crippen molar-refractivity contribution in [2.24, 2.45) is 47.3 Å². The molecule has 1 aliphatic heterocycles. The number of rotatable bonds is 9. The van der Waals surface area contributed by atoms with Crippen molar-refractivity contribution in [3.05, 3.63) is 354 Å². The first-order valence-corrected chi connectivity index (χ1v) is 48.3. The Labute approximate surface area is 819 Å². The van der Waals surface area contributed by atoms with Crippen molar-refractivity contribution in [2.75, 3.05) is 31.2 Å². The normalized spacial score (nSPS) is 24.3. The first-order valence-electron chi connectivity index (χ1n) is 48.3. The third-order valence-corrected chi connectivity index (χ3v) is 31.4. The summed E-state index contributed by atoms with van der Waals surface area (Å²) >= 11 is 0. The summed E-state index contributed by atoms with van der Waals surface area (Å²) in [4.78, 5) is 121. The van der Waals surface area contributed by atoms with Crippen LogP contribution >= 0.6 is 0 Å². The van der Waals surface area contributed by atoms with Gasteiger partial charge in [0.15, 0.2) is 40.6 Å². The number of anilines is 1. The van der Waals surface area contributed by atoms with E-state index in [9.17, 15) is 28.0 Å². The molecule has 0 radical (unpaired) electrons. The molecule has 12 atom stereocenters. The van der Waals surface area contributed by atoms with Crippen molar-refractivity contribution in [1.29, 1.82) is 0 Å². The quantitative estimate of drug-likeness (QED) is 0.0963. The number of carbonyl (C=O) groups is 4. The fourth-order valence-corrected chi connectivity index (χ4v) is 23.9. The maximum atomic E-state index is 15.4. The number of hydrogen-bond donors (Lipinski definition) is 0. The highest BCUT2D eigenvalue weighted by molar-refractivity contribution is 6.03. The average molecular weight is 1890 g/mol. The molecule has 13 aromatic rings. The van der Waals surface area contributed by atoms with Crippen LogP contribution in [0.15, 0.2) is 217 Å². The maximum absolute atomic E-state index is 15.4. The molecule has 0 N–H and O–H groups in total. The number of carbonyl (C=O) groups excluding carboxylic acids is 4. The number of ketones is 4. The van der Waals surface area contributed by atoms with E-state index in [4.69, 9.17) is 70.9 Å². The van der Waals surface area contributed by atoms with Crippen LogP contribution in [0.4, 0.5) is 27.9 Å². The van der Waals surface area contributed by atoms with Crippen molar-refractivity contribution in [3.8, 4) is 79.2 Å². The number of nitrogens with zero attached hydrogens (tertiary/aromatic N) is 16. The molecule has 0 amide bonds. The molecule has 8 heterocycles. The lowest BCUT2D eigenvalue weighted by atomic mass is 9.58. The number of fused-ring (bicyclic) bond motifs is 14. The molecule has 2 fully saturated rings. The molecule has 708 valence electrons. The summed E-state index contributed by atoms with van der Waals surface area (Å²) in [6.07, 6.45) is 19.9. The number of halogens is 5. The minimum Gasteiger partial charge on any atom is -0.378 e. The van der Waals surface area contributed by atoms with E-state index in [2.05, 4.69) is 60.0 Å². The van der Waals surface area contributed by atoms with Crippen LogP contribution in [-0.4, -0.2) is 104 Å². The van der Waals surface area contributed by atoms with Gasteiger partial charge >= 0.3 is 0 Å². The van der Waals surface area contributed by atoms with E-state index in [-0.39, 0.29) is 116 Å². The molecule has 9 aliphatic carbocycles. The van der Waals surface area contributed by atoms with E-state index >= 15 is 13.2 Å². The highest BCUT2D eigenvalue weighted by Gasteiger charge is 2.55. The molecule has 0 spiro atoms. The predicted octanol–water partition coefficient (Wildman–Crippen LogP) is 23.5. The largest absolute Gasteiger partial charge is 0.378 e. The van der Waals surface area contributed by atoms with Crippen molar-refractivity contribution < 1.29 is 45.9 Å². The number of hydrogen-bond acceptors (Lipinski definition) is 17. The second-order valence-electron chi connectivity index (χ2n) is 39.9. The Kier molecular flexibility index (Phi) is 24.6. The number of ether oxygens (including phenoxy) is 1. The van der Waals surface area contributed by atoms with Gasteiger partial charge in [0.05, 0.1) is 90.6 Å². The molecule has 21 nitrogen and oxygen atoms in total. The molecule has 0 bridgehead atoms. The van der Waals surface area contributed by atoms with Crippen LogP contribution < -0.4 is 4.90 Å². The van der Waals surface area contributed by atoms with E-state index in [0.717, 1.165) is 110 Å². The Morgan fingerprint density at radius 1 is 0.366 bits per heavy atom. The SMILES string of the molecule is [C-]#[N+]C1=C[C@@]2(C)c3nc(-c4ccnc(C5CC5)c4)nc(-c4ccccc4F)c3CC[C@@H]2[C@@H](C)C1=O.[C-]#[N+]C1=C[C@@]2(C)c3nc(-c4ccnc5c(F)cc(C)cc45)nc(-c4ccccc4F)c3CC[C@@H]2[C@@H](C)C1=O.[C-]#[N+]C1=C[C@@]2(C)c3nc(-c4ccnc5ccccc45)nc(-c4ccc(C)cc4F)c3CC[C@@H]2[C@@H](C)C1=O.[C-]#[N+]C1=C[C@@]2(C)c3nc(N4CCOCC4)nc(-c4ccccc4F)c3CC[C@@H]2[C@@H](C)C1=O. The molecule has 1 saturated heterocycles. The highest BCUT2D eigenvalue weighted by Crippen LogP contribution is 2.58. The summed E-state index contributed by atoms with van der Waals surface area (Å²) in [6.45, 7) is 52.3. The Hall–Kier alpha value is -15.4. The number of aromatic nitrogens is 11. The third kappa shape index (κ3) is 16.2. The zero-order chi connectivity index (χ0) is 99.4. The number of allylic oxidation sites excluding steroid dienone is 8. The zero-order valence-electron chi connectivity index (χ0n) is 80.2. The van der Waals surface area contributed by atoms with Crippen LogP contribution in [0.25, 0.3) is 120 Å². The smallest absolute Gasteiger partial charge is 0.226 e. The van der Waals surface area contributed by atoms with E-state index in [0.29, 0.717) is 149 Å². The topological polar surface area (TPSA) is 240 Å². The Morgan fingerprint density at radius 2 is 0.746 bits per heavy atom. The first-order chi connectivity index (χ1) is 68.4. The Balaban J connectivity index is 0.000000116. The van der Waals surface area contributed by atoms with Crippen LogP contribution in [-0.2, 0) is 71.3 Å². The lowest BCUT2D eigenvalue weighted by Crippen LogP contribution is -2.46. The summed E-state index contributed by atoms with van der Waals surface area (Å²) in [5, 5.41) is 1.47. The number of Topliss-reactive ketones (excluding diaryl/α,β-unsaturated/α-hetero) is 4. The standard InChI is InChI=1S/C31H24F2N4O.C31H25FN4O.C29H25FN4O.C25H25FN4O2/c1-16-13-21-18(11-12-35-27(21)24(33)14-16)30-36-26(19-7-5-6-8-23(19)32)20-9-10-22-17(2)28(38)25(34-4)15-31(22,3)29(20)37-30;1-17-9-10-21(24(32)15-17)27-22-11-12-23-18(2)28(37)26(33-4)16-31(23,3)29(22)36-30(35-27)20-13-14-34-25-8-6-5-7-19(20)25;1-16-21-11-10-20-25(19-6-4-5-7-22(19)30)33-28(18-12-13-32-23(14-18)17-8-9-17)34-27(20)29(21,2)15-24(31-3)26(16)35;1-15-18-9-8-17-21(16-6-4-5-7-19(16)26)28-24(30-10-12-32-13-11-30)29-23(17)25(18,2)14-20(27-3)22(15)31/h5-8,11-15,17,22H,9-10H2,1-3H3;5-10,13-16,18,23H,11-12H2,1-3H3;4-7,12-17,21H,8-11H2,1-2H3;4-7,14-15,18H,8-13H2,1-2H3/t17-,22-,31-;18-,23-,31-;16-,21-,29-;15-,18-,25-/m1111/s1. The van der Waals surface area contributed by atoms with Crippen LogP contribution in [0.5, 0.6) is 0 Å². The van der Waals surface area contributed by atoms with Crippen molar-refractivity contribution in [1.82, 2.24) is 54.8 Å². The molecule has 1 saturated carbocycles. The molecule has 6 aromatic carbocycles. The monoisotopic (exact) mass is 1890 g/mol. The molecule has 23 rings (SSSR count). The summed E-state index contributed by atoms with van der Waals surface area (Å²) in [5.74, 6) is -1.14. The van der Waals surface area contributed by atoms with Gasteiger partial charge in [-0.15, -0.1) is 0 Å². The van der Waals surface area contributed by atoms with Gasteiger partial charge < -0.3 is 28.8 Å². The first kappa shape index (κ1) is 94.2. The van der Waals surface area contributed by atoms with Gasteiger partial charge in [0, 0.05) is 161 Å². The van der Waals surface area contributed by atoms with E-state index < -0.39 is 33.3 Å². The molecule has 7 aromatic heterocycles. The number of aryl methyl sites for hydroxylation is 2. The molecule has 10 aliphatic rings. The van der Waals surface area contributed by atoms with E-state index in [1.165, 1.54) is 36.5 Å². The zero-order valence-corrected chi connectivity index (χ0v) is 80.2. The second-order valence-corrected chi connectivity index (χ2v) is 39.9. The molecule has 0 unspecified atom stereocenters. The third-order valence-electron chi connectivity index (χ3n) is 31.4. The van der Waals surface area contributed by atoms with Gasteiger partial charge in [0.1, 0.15) is 34.6 Å². The lowest BCUT2D eigenvalue weighted by molar-refractivity contribution is -0.122. The number of pyridine rings is 3. The lowest BCUT2D eigenvalue weighted by Gasteiger charge is -2.46. The van der Waals surface area contributed by atoms with Gasteiger partial charge in [-0.2, -0.15) is 0 Å². The van der Waals surface area contributed by atoms with Gasteiger partial charge in [-0.3, -0.25) is 15.0 Å².